The van der Waals surface area contributed by atoms with Gasteiger partial charge in [0.2, 0.25) is 0 Å². The van der Waals surface area contributed by atoms with Crippen molar-refractivity contribution in [2.75, 3.05) is 0 Å². The minimum Gasteiger partial charge on any atom is -0.119 e. The molecule has 0 nitrogen and oxygen atoms in total. The predicted octanol–water partition coefficient (Wildman–Crippen LogP) is 4.75. The minimum absolute atomic E-state index is 0.110. The molecule has 1 rings (SSSR count). The lowest BCUT2D eigenvalue weighted by Crippen LogP contribution is -2.17. The Morgan fingerprint density at radius 1 is 1.06 bits per heavy atom. The van der Waals surface area contributed by atoms with E-state index in [-0.39, 0.29) is 16.7 Å². The maximum absolute atomic E-state index is 5.70. The molecule has 0 aliphatic heterocycles. The van der Waals surface area contributed by atoms with Crippen molar-refractivity contribution in [2.45, 2.75) is 41.5 Å². The zero-order valence-corrected chi connectivity index (χ0v) is 12.0. The standard InChI is InChI=1S/C17H24/c1-8-13-12-14(16(2,3)4)10-9-11-15(13)17(5,6)7/h1,9-13H,2-7H3. The molecule has 0 N–H and O–H groups in total. The van der Waals surface area contributed by atoms with Crippen LogP contribution < -0.4 is 0 Å². The normalized spacial score (nSPS) is 21.4. The van der Waals surface area contributed by atoms with E-state index in [0.717, 1.165) is 0 Å². The molecule has 1 atom stereocenters. The van der Waals surface area contributed by atoms with E-state index in [9.17, 15) is 0 Å². The molecule has 0 spiro atoms. The van der Waals surface area contributed by atoms with Crippen LogP contribution in [0.15, 0.2) is 35.5 Å². The summed E-state index contributed by atoms with van der Waals surface area (Å²) >= 11 is 0. The molecule has 0 aromatic heterocycles. The summed E-state index contributed by atoms with van der Waals surface area (Å²) in [7, 11) is 0. The fourth-order valence-corrected chi connectivity index (χ4v) is 2.04. The van der Waals surface area contributed by atoms with E-state index >= 15 is 0 Å². The smallest absolute Gasteiger partial charge is 0.0604 e. The first-order chi connectivity index (χ1) is 7.66. The maximum Gasteiger partial charge on any atom is 0.0604 e. The molecule has 1 aliphatic rings. The number of terminal acetylenes is 1. The van der Waals surface area contributed by atoms with Crippen molar-refractivity contribution in [1.29, 1.82) is 0 Å². The van der Waals surface area contributed by atoms with Gasteiger partial charge in [0, 0.05) is 0 Å². The third-order valence-electron chi connectivity index (χ3n) is 3.14. The summed E-state index contributed by atoms with van der Waals surface area (Å²) in [5.74, 6) is 3.03. The number of hydrogen-bond acceptors (Lipinski definition) is 0. The van der Waals surface area contributed by atoms with Crippen molar-refractivity contribution in [3.8, 4) is 12.3 Å². The molecule has 0 bridgehead atoms. The van der Waals surface area contributed by atoms with Gasteiger partial charge in [-0.1, -0.05) is 71.8 Å². The Balaban J connectivity index is 3.21. The zero-order chi connectivity index (χ0) is 13.3. The molecule has 0 heteroatoms. The first-order valence-electron chi connectivity index (χ1n) is 6.23. The molecule has 0 saturated heterocycles. The van der Waals surface area contributed by atoms with Gasteiger partial charge < -0.3 is 0 Å². The van der Waals surface area contributed by atoms with Gasteiger partial charge in [-0.15, -0.1) is 6.42 Å². The Hall–Kier alpha value is -1.22. The summed E-state index contributed by atoms with van der Waals surface area (Å²) < 4.78 is 0. The van der Waals surface area contributed by atoms with Crippen LogP contribution in [-0.2, 0) is 0 Å². The van der Waals surface area contributed by atoms with Gasteiger partial charge in [0.05, 0.1) is 5.92 Å². The summed E-state index contributed by atoms with van der Waals surface area (Å²) in [6, 6.07) is 0. The molecule has 92 valence electrons. The molecule has 0 saturated carbocycles. The molecule has 1 aliphatic carbocycles. The first kappa shape index (κ1) is 13.8. The van der Waals surface area contributed by atoms with Gasteiger partial charge in [-0.05, 0) is 22.0 Å². The Bertz CT molecular complexity index is 408. The van der Waals surface area contributed by atoms with Gasteiger partial charge in [0.25, 0.3) is 0 Å². The molecular weight excluding hydrogens is 204 g/mol. The maximum atomic E-state index is 5.70. The monoisotopic (exact) mass is 228 g/mol. The van der Waals surface area contributed by atoms with E-state index in [0.29, 0.717) is 0 Å². The average molecular weight is 228 g/mol. The van der Waals surface area contributed by atoms with E-state index in [1.807, 2.05) is 0 Å². The zero-order valence-electron chi connectivity index (χ0n) is 12.0. The van der Waals surface area contributed by atoms with Gasteiger partial charge >= 0.3 is 0 Å². The lowest BCUT2D eigenvalue weighted by Gasteiger charge is -2.27. The third-order valence-corrected chi connectivity index (χ3v) is 3.14. The van der Waals surface area contributed by atoms with Gasteiger partial charge in [-0.3, -0.25) is 0 Å². The molecule has 0 heterocycles. The predicted molar refractivity (Wildman–Crippen MR) is 76.5 cm³/mol. The molecule has 0 aromatic rings. The van der Waals surface area contributed by atoms with Gasteiger partial charge in [-0.25, -0.2) is 0 Å². The molecule has 1 unspecified atom stereocenters. The van der Waals surface area contributed by atoms with E-state index in [1.165, 1.54) is 11.1 Å². The number of hydrogen-bond donors (Lipinski definition) is 0. The fraction of sp³-hybridized carbons (Fsp3) is 0.529. The van der Waals surface area contributed by atoms with Crippen LogP contribution >= 0.6 is 0 Å². The van der Waals surface area contributed by atoms with Gasteiger partial charge in [0.15, 0.2) is 0 Å². The Morgan fingerprint density at radius 2 is 1.65 bits per heavy atom. The average Bonchev–Trinajstić information content (AvgIpc) is 2.36. The summed E-state index contributed by atoms with van der Waals surface area (Å²) in [6.07, 6.45) is 14.4. The molecule has 17 heavy (non-hydrogen) atoms. The van der Waals surface area contributed by atoms with E-state index in [1.54, 1.807) is 0 Å². The molecule has 0 aromatic carbocycles. The third kappa shape index (κ3) is 3.37. The van der Waals surface area contributed by atoms with Crippen LogP contribution in [0.5, 0.6) is 0 Å². The Morgan fingerprint density at radius 3 is 2.06 bits per heavy atom. The molecule has 0 fully saturated rings. The van der Waals surface area contributed by atoms with E-state index in [2.05, 4.69) is 71.8 Å². The minimum atomic E-state index is 0.110. The summed E-state index contributed by atoms with van der Waals surface area (Å²) in [6.45, 7) is 13.3. The highest BCUT2D eigenvalue weighted by Gasteiger charge is 2.25. The van der Waals surface area contributed by atoms with Crippen LogP contribution in [0, 0.1) is 29.1 Å². The van der Waals surface area contributed by atoms with Crippen molar-refractivity contribution in [3.63, 3.8) is 0 Å². The number of allylic oxidation sites excluding steroid dienone is 6. The fourth-order valence-electron chi connectivity index (χ4n) is 2.04. The van der Waals surface area contributed by atoms with Crippen molar-refractivity contribution in [1.82, 2.24) is 0 Å². The largest absolute Gasteiger partial charge is 0.119 e. The first-order valence-corrected chi connectivity index (χ1v) is 6.23. The topological polar surface area (TPSA) is 0 Å². The molecular formula is C17H24. The van der Waals surface area contributed by atoms with Crippen molar-refractivity contribution in [2.24, 2.45) is 16.7 Å². The van der Waals surface area contributed by atoms with E-state index < -0.39 is 0 Å². The second kappa shape index (κ2) is 4.57. The quantitative estimate of drug-likeness (QED) is 0.525. The van der Waals surface area contributed by atoms with Crippen molar-refractivity contribution < 1.29 is 0 Å². The van der Waals surface area contributed by atoms with Crippen LogP contribution in [0.1, 0.15) is 41.5 Å². The van der Waals surface area contributed by atoms with Gasteiger partial charge in [0.1, 0.15) is 0 Å². The van der Waals surface area contributed by atoms with Crippen LogP contribution in [0.3, 0.4) is 0 Å². The lowest BCUT2D eigenvalue weighted by atomic mass is 9.77. The van der Waals surface area contributed by atoms with Gasteiger partial charge in [-0.2, -0.15) is 0 Å². The molecule has 0 radical (unpaired) electrons. The summed E-state index contributed by atoms with van der Waals surface area (Å²) in [5, 5.41) is 0. The second-order valence-electron chi connectivity index (χ2n) is 6.75. The highest BCUT2D eigenvalue weighted by atomic mass is 14.3. The van der Waals surface area contributed by atoms with Crippen LogP contribution in [0.4, 0.5) is 0 Å². The highest BCUT2D eigenvalue weighted by Crippen LogP contribution is 2.37. The van der Waals surface area contributed by atoms with Crippen LogP contribution in [-0.4, -0.2) is 0 Å². The Labute approximate surface area is 107 Å². The Kier molecular flexibility index (Phi) is 3.72. The summed E-state index contributed by atoms with van der Waals surface area (Å²) in [5.41, 5.74) is 2.89. The van der Waals surface area contributed by atoms with Crippen molar-refractivity contribution >= 4 is 0 Å². The molecule has 0 amide bonds. The highest BCUT2D eigenvalue weighted by molar-refractivity contribution is 5.40. The lowest BCUT2D eigenvalue weighted by molar-refractivity contribution is 0.471. The van der Waals surface area contributed by atoms with E-state index in [4.69, 9.17) is 6.42 Å². The SMILES string of the molecule is C#CC1C=C(C(C)(C)C)C=CC=C1C(C)(C)C. The van der Waals surface area contributed by atoms with Crippen LogP contribution in [0.25, 0.3) is 0 Å². The number of rotatable bonds is 0. The summed E-state index contributed by atoms with van der Waals surface area (Å²) in [4.78, 5) is 0. The van der Waals surface area contributed by atoms with Crippen LogP contribution in [0.2, 0.25) is 0 Å². The second-order valence-corrected chi connectivity index (χ2v) is 6.75. The van der Waals surface area contributed by atoms with Crippen molar-refractivity contribution in [3.05, 3.63) is 35.5 Å².